The number of benzene rings is 2. The first-order chi connectivity index (χ1) is 14.4. The second-order valence-electron chi connectivity index (χ2n) is 7.52. The van der Waals surface area contributed by atoms with Crippen molar-refractivity contribution in [1.82, 2.24) is 4.90 Å². The van der Waals surface area contributed by atoms with Crippen molar-refractivity contribution in [3.8, 4) is 11.1 Å². The predicted molar refractivity (Wildman–Crippen MR) is 116 cm³/mol. The molecule has 7 heteroatoms. The molecule has 2 aromatic carbocycles. The molecule has 1 saturated heterocycles. The first-order valence-electron chi connectivity index (χ1n) is 10.2. The van der Waals surface area contributed by atoms with E-state index in [1.165, 1.54) is 0 Å². The van der Waals surface area contributed by atoms with E-state index in [1.807, 2.05) is 49.4 Å². The molecular formula is C23H27NO5S. The van der Waals surface area contributed by atoms with Gasteiger partial charge in [0.2, 0.25) is 0 Å². The van der Waals surface area contributed by atoms with Crippen LogP contribution in [-0.4, -0.2) is 55.9 Å². The molecule has 0 aliphatic carbocycles. The third kappa shape index (κ3) is 5.69. The molecule has 160 valence electrons. The molecular weight excluding hydrogens is 402 g/mol. The maximum atomic E-state index is 12.7. The van der Waals surface area contributed by atoms with E-state index in [-0.39, 0.29) is 30.1 Å². The number of unbranched alkanes of at least 4 members (excludes halogenated alkanes) is 1. The van der Waals surface area contributed by atoms with Gasteiger partial charge in [-0.25, -0.2) is 13.2 Å². The number of carbonyl (C=O) groups excluding carboxylic acids is 2. The molecule has 0 radical (unpaired) electrons. The van der Waals surface area contributed by atoms with Crippen LogP contribution in [0.5, 0.6) is 0 Å². The molecule has 1 heterocycles. The van der Waals surface area contributed by atoms with Gasteiger partial charge in [-0.1, -0.05) is 55.8 Å². The molecule has 0 spiro atoms. The fourth-order valence-electron chi connectivity index (χ4n) is 3.58. The number of carbonyl (C=O) groups is 2. The minimum absolute atomic E-state index is 0.0165. The Hall–Kier alpha value is -2.67. The summed E-state index contributed by atoms with van der Waals surface area (Å²) in [6, 6.07) is 16.5. The van der Waals surface area contributed by atoms with Crippen LogP contribution in [-0.2, 0) is 19.4 Å². The summed E-state index contributed by atoms with van der Waals surface area (Å²) in [5, 5.41) is 0. The number of sulfone groups is 1. The minimum atomic E-state index is -3.10. The molecule has 1 aliphatic heterocycles. The van der Waals surface area contributed by atoms with Crippen molar-refractivity contribution in [3.63, 3.8) is 0 Å². The van der Waals surface area contributed by atoms with E-state index >= 15 is 0 Å². The molecule has 3 rings (SSSR count). The molecule has 1 aliphatic rings. The van der Waals surface area contributed by atoms with E-state index in [1.54, 1.807) is 17.0 Å². The summed E-state index contributed by atoms with van der Waals surface area (Å²) in [7, 11) is -3.10. The van der Waals surface area contributed by atoms with E-state index < -0.39 is 15.8 Å². The Kier molecular flexibility index (Phi) is 7.26. The van der Waals surface area contributed by atoms with Crippen LogP contribution in [0.1, 0.15) is 36.5 Å². The fraction of sp³-hybridized carbons (Fsp3) is 0.391. The molecule has 1 unspecified atom stereocenters. The predicted octanol–water partition coefficient (Wildman–Crippen LogP) is 3.33. The Morgan fingerprint density at radius 3 is 2.30 bits per heavy atom. The smallest absolute Gasteiger partial charge is 0.338 e. The highest BCUT2D eigenvalue weighted by atomic mass is 32.2. The zero-order valence-electron chi connectivity index (χ0n) is 17.1. The van der Waals surface area contributed by atoms with Crippen molar-refractivity contribution in [1.29, 1.82) is 0 Å². The lowest BCUT2D eigenvalue weighted by atomic mass is 10.0. The van der Waals surface area contributed by atoms with Gasteiger partial charge in [-0.2, -0.15) is 0 Å². The number of amides is 1. The van der Waals surface area contributed by atoms with Gasteiger partial charge >= 0.3 is 5.97 Å². The zero-order chi connectivity index (χ0) is 21.6. The van der Waals surface area contributed by atoms with Crippen molar-refractivity contribution in [2.24, 2.45) is 0 Å². The van der Waals surface area contributed by atoms with Crippen molar-refractivity contribution in [2.45, 2.75) is 32.2 Å². The SMILES string of the molecule is CCCCN(C(=O)COC(=O)c1ccc(-c2ccccc2)cc1)C1CCS(=O)(=O)C1. The minimum Gasteiger partial charge on any atom is -0.452 e. The van der Waals surface area contributed by atoms with Crippen molar-refractivity contribution in [3.05, 3.63) is 60.2 Å². The largest absolute Gasteiger partial charge is 0.452 e. The summed E-state index contributed by atoms with van der Waals surface area (Å²) < 4.78 is 28.8. The fourth-order valence-corrected chi connectivity index (χ4v) is 5.31. The Balaban J connectivity index is 1.60. The summed E-state index contributed by atoms with van der Waals surface area (Å²) in [5.74, 6) is -0.837. The maximum Gasteiger partial charge on any atom is 0.338 e. The second kappa shape index (κ2) is 9.89. The first kappa shape index (κ1) is 22.0. The van der Waals surface area contributed by atoms with Gasteiger partial charge in [0, 0.05) is 12.6 Å². The molecule has 0 saturated carbocycles. The number of rotatable bonds is 8. The standard InChI is InChI=1S/C23H27NO5S/c1-2-3-14-24(21-13-15-30(27,28)17-21)22(25)16-29-23(26)20-11-9-19(10-12-20)18-7-5-4-6-8-18/h4-12,21H,2-3,13-17H2,1H3. The first-order valence-corrected chi connectivity index (χ1v) is 12.0. The van der Waals surface area contributed by atoms with E-state index in [9.17, 15) is 18.0 Å². The number of ether oxygens (including phenoxy) is 1. The Morgan fingerprint density at radius 1 is 1.03 bits per heavy atom. The summed E-state index contributed by atoms with van der Waals surface area (Å²) in [6.45, 7) is 2.09. The third-order valence-electron chi connectivity index (χ3n) is 5.28. The lowest BCUT2D eigenvalue weighted by molar-refractivity contribution is -0.136. The van der Waals surface area contributed by atoms with Gasteiger partial charge in [0.05, 0.1) is 17.1 Å². The van der Waals surface area contributed by atoms with E-state index in [2.05, 4.69) is 0 Å². The van der Waals surface area contributed by atoms with Crippen molar-refractivity contribution in [2.75, 3.05) is 24.7 Å². The number of hydrogen-bond donors (Lipinski definition) is 0. The molecule has 1 fully saturated rings. The summed E-state index contributed by atoms with van der Waals surface area (Å²) >= 11 is 0. The van der Waals surface area contributed by atoms with Gasteiger partial charge in [-0.15, -0.1) is 0 Å². The quantitative estimate of drug-likeness (QED) is 0.602. The van der Waals surface area contributed by atoms with Gasteiger partial charge in [0.1, 0.15) is 0 Å². The lowest BCUT2D eigenvalue weighted by Gasteiger charge is -2.28. The second-order valence-corrected chi connectivity index (χ2v) is 9.75. The number of esters is 1. The Morgan fingerprint density at radius 2 is 1.70 bits per heavy atom. The monoisotopic (exact) mass is 429 g/mol. The van der Waals surface area contributed by atoms with Crippen LogP contribution < -0.4 is 0 Å². The average Bonchev–Trinajstić information content (AvgIpc) is 3.12. The van der Waals surface area contributed by atoms with Crippen LogP contribution in [0, 0.1) is 0 Å². The van der Waals surface area contributed by atoms with E-state index in [4.69, 9.17) is 4.74 Å². The number of nitrogens with zero attached hydrogens (tertiary/aromatic N) is 1. The highest BCUT2D eigenvalue weighted by molar-refractivity contribution is 7.91. The van der Waals surface area contributed by atoms with Gasteiger partial charge in [-0.05, 0) is 36.1 Å². The summed E-state index contributed by atoms with van der Waals surface area (Å²) in [6.07, 6.45) is 2.10. The van der Waals surface area contributed by atoms with Gasteiger partial charge in [0.15, 0.2) is 16.4 Å². The number of hydrogen-bond acceptors (Lipinski definition) is 5. The molecule has 0 bridgehead atoms. The van der Waals surface area contributed by atoms with Crippen molar-refractivity contribution >= 4 is 21.7 Å². The van der Waals surface area contributed by atoms with Crippen molar-refractivity contribution < 1.29 is 22.7 Å². The van der Waals surface area contributed by atoms with Gasteiger partial charge in [0.25, 0.3) is 5.91 Å². The van der Waals surface area contributed by atoms with Crippen LogP contribution in [0.2, 0.25) is 0 Å². The van der Waals surface area contributed by atoms with E-state index in [0.717, 1.165) is 24.0 Å². The molecule has 0 aromatic heterocycles. The highest BCUT2D eigenvalue weighted by Gasteiger charge is 2.34. The van der Waals surface area contributed by atoms with Crippen LogP contribution in [0.3, 0.4) is 0 Å². The third-order valence-corrected chi connectivity index (χ3v) is 7.03. The summed E-state index contributed by atoms with van der Waals surface area (Å²) in [5.41, 5.74) is 2.40. The highest BCUT2D eigenvalue weighted by Crippen LogP contribution is 2.20. The molecule has 30 heavy (non-hydrogen) atoms. The normalized spacial score (nSPS) is 17.4. The average molecular weight is 430 g/mol. The lowest BCUT2D eigenvalue weighted by Crippen LogP contribution is -2.43. The molecule has 0 N–H and O–H groups in total. The zero-order valence-corrected chi connectivity index (χ0v) is 17.9. The molecule has 2 aromatic rings. The van der Waals surface area contributed by atoms with Gasteiger partial charge < -0.3 is 9.64 Å². The molecule has 6 nitrogen and oxygen atoms in total. The van der Waals surface area contributed by atoms with Crippen LogP contribution in [0.4, 0.5) is 0 Å². The maximum absolute atomic E-state index is 12.7. The van der Waals surface area contributed by atoms with Crippen LogP contribution in [0.15, 0.2) is 54.6 Å². The topological polar surface area (TPSA) is 80.8 Å². The van der Waals surface area contributed by atoms with Gasteiger partial charge in [-0.3, -0.25) is 4.79 Å². The van der Waals surface area contributed by atoms with Crippen LogP contribution >= 0.6 is 0 Å². The molecule has 1 atom stereocenters. The van der Waals surface area contributed by atoms with Crippen LogP contribution in [0.25, 0.3) is 11.1 Å². The van der Waals surface area contributed by atoms with E-state index in [0.29, 0.717) is 18.5 Å². The molecule has 1 amide bonds. The Bertz CT molecular complexity index is 970. The summed E-state index contributed by atoms with van der Waals surface area (Å²) in [4.78, 5) is 26.6. The Labute approximate surface area is 177 Å².